The van der Waals surface area contributed by atoms with Gasteiger partial charge in [-0.3, -0.25) is 4.79 Å². The molecule has 2 nitrogen and oxygen atoms in total. The molecule has 0 radical (unpaired) electrons. The van der Waals surface area contributed by atoms with Crippen LogP contribution in [0, 0.1) is 5.41 Å². The second kappa shape index (κ2) is 5.42. The van der Waals surface area contributed by atoms with Crippen molar-refractivity contribution >= 4 is 22.6 Å². The molecule has 0 aromatic carbocycles. The van der Waals surface area contributed by atoms with E-state index in [4.69, 9.17) is 17.0 Å². The number of nitrogens with one attached hydrogen (secondary N) is 1. The molecule has 0 aromatic heterocycles. The molecule has 10 heavy (non-hydrogen) atoms. The minimum Gasteiger partial charge on any atom is -0.300 e. The average Bonchev–Trinajstić information content (AvgIpc) is 1.88. The van der Waals surface area contributed by atoms with Gasteiger partial charge in [-0.2, -0.15) is 0 Å². The van der Waals surface area contributed by atoms with E-state index in [-0.39, 0.29) is 5.71 Å². The smallest absolute Gasteiger partial charge is 0.265 e. The summed E-state index contributed by atoms with van der Waals surface area (Å²) in [6.45, 7) is 2.08. The van der Waals surface area contributed by atoms with Gasteiger partial charge in [0.2, 0.25) is 0 Å². The Morgan fingerprint density at radius 2 is 2.10 bits per heavy atom. The van der Waals surface area contributed by atoms with Crippen LogP contribution in [0.5, 0.6) is 0 Å². The van der Waals surface area contributed by atoms with Crippen LogP contribution in [-0.2, 0) is 4.79 Å². The lowest BCUT2D eigenvalue weighted by Gasteiger charge is -1.95. The number of rotatable bonds is 5. The van der Waals surface area contributed by atoms with Gasteiger partial charge >= 0.3 is 0 Å². The van der Waals surface area contributed by atoms with E-state index in [1.54, 1.807) is 0 Å². The van der Waals surface area contributed by atoms with Crippen molar-refractivity contribution in [1.82, 2.24) is 0 Å². The third kappa shape index (κ3) is 4.50. The Bertz CT molecular complexity index is 134. The third-order valence-electron chi connectivity index (χ3n) is 1.27. The monoisotopic (exact) mass is 161 g/mol. The van der Waals surface area contributed by atoms with E-state index in [0.29, 0.717) is 6.42 Å². The van der Waals surface area contributed by atoms with Crippen LogP contribution < -0.4 is 0 Å². The minimum atomic E-state index is -0.615. The molecule has 0 saturated heterocycles. The predicted octanol–water partition coefficient (Wildman–Crippen LogP) is 2.35. The first kappa shape index (κ1) is 9.63. The number of unbranched alkanes of at least 4 members (excludes halogenated alkanes) is 2. The van der Waals surface area contributed by atoms with E-state index < -0.39 is 5.24 Å². The number of hydrogen-bond donors (Lipinski definition) is 1. The fourth-order valence-electron chi connectivity index (χ4n) is 0.650. The SMILES string of the molecule is CCCCCC(=N)C(=O)Cl. The minimum absolute atomic E-state index is 0.0371. The Morgan fingerprint density at radius 3 is 2.50 bits per heavy atom. The average molecular weight is 162 g/mol. The largest absolute Gasteiger partial charge is 0.300 e. The van der Waals surface area contributed by atoms with E-state index in [0.717, 1.165) is 19.3 Å². The quantitative estimate of drug-likeness (QED) is 0.375. The van der Waals surface area contributed by atoms with Crippen LogP contribution in [0.4, 0.5) is 0 Å². The molecule has 0 amide bonds. The zero-order valence-corrected chi connectivity index (χ0v) is 6.87. The molecule has 0 aliphatic rings. The molecule has 0 saturated carbocycles. The first-order valence-electron chi connectivity index (χ1n) is 3.45. The van der Waals surface area contributed by atoms with Crippen LogP contribution in [0.15, 0.2) is 0 Å². The molecule has 0 bridgehead atoms. The summed E-state index contributed by atoms with van der Waals surface area (Å²) < 4.78 is 0. The van der Waals surface area contributed by atoms with Crippen molar-refractivity contribution in [3.63, 3.8) is 0 Å². The number of hydrogen-bond acceptors (Lipinski definition) is 2. The lowest BCUT2D eigenvalue weighted by Crippen LogP contribution is -2.04. The van der Waals surface area contributed by atoms with Crippen molar-refractivity contribution in [1.29, 1.82) is 5.41 Å². The molecule has 0 rings (SSSR count). The molecule has 3 heteroatoms. The zero-order chi connectivity index (χ0) is 7.98. The maximum atomic E-state index is 10.3. The van der Waals surface area contributed by atoms with Crippen molar-refractivity contribution in [2.45, 2.75) is 32.6 Å². The van der Waals surface area contributed by atoms with Gasteiger partial charge in [0.1, 0.15) is 0 Å². The molecule has 58 valence electrons. The van der Waals surface area contributed by atoms with E-state index in [9.17, 15) is 4.79 Å². The molecule has 1 N–H and O–H groups in total. The molecule has 0 aliphatic carbocycles. The summed E-state index contributed by atoms with van der Waals surface area (Å²) in [4.78, 5) is 10.3. The summed E-state index contributed by atoms with van der Waals surface area (Å²) in [5, 5.41) is 6.43. The first-order chi connectivity index (χ1) is 4.68. The number of halogens is 1. The zero-order valence-electron chi connectivity index (χ0n) is 6.11. The highest BCUT2D eigenvalue weighted by atomic mass is 35.5. The van der Waals surface area contributed by atoms with Crippen LogP contribution in [0.1, 0.15) is 32.6 Å². The molecule has 0 atom stereocenters. The van der Waals surface area contributed by atoms with Crippen LogP contribution in [-0.4, -0.2) is 11.0 Å². The van der Waals surface area contributed by atoms with Gasteiger partial charge in [-0.25, -0.2) is 0 Å². The van der Waals surface area contributed by atoms with Crippen molar-refractivity contribution in [3.05, 3.63) is 0 Å². The maximum Gasteiger partial charge on any atom is 0.265 e. The lowest BCUT2D eigenvalue weighted by atomic mass is 10.1. The van der Waals surface area contributed by atoms with Gasteiger partial charge in [-0.15, -0.1) is 0 Å². The fraction of sp³-hybridized carbons (Fsp3) is 0.714. The normalized spacial score (nSPS) is 9.40. The second-order valence-corrected chi connectivity index (χ2v) is 2.55. The van der Waals surface area contributed by atoms with Crippen LogP contribution in [0.2, 0.25) is 0 Å². The van der Waals surface area contributed by atoms with Crippen molar-refractivity contribution in [3.8, 4) is 0 Å². The van der Waals surface area contributed by atoms with Gasteiger partial charge in [0.05, 0.1) is 5.71 Å². The first-order valence-corrected chi connectivity index (χ1v) is 3.83. The van der Waals surface area contributed by atoms with Gasteiger partial charge in [-0.05, 0) is 24.4 Å². The molecule has 0 fully saturated rings. The van der Waals surface area contributed by atoms with Gasteiger partial charge in [-0.1, -0.05) is 19.8 Å². The van der Waals surface area contributed by atoms with E-state index >= 15 is 0 Å². The Hall–Kier alpha value is -0.370. The summed E-state index contributed by atoms with van der Waals surface area (Å²) in [7, 11) is 0. The molecular formula is C7H12ClNO. The molecule has 0 spiro atoms. The standard InChI is InChI=1S/C7H12ClNO/c1-2-3-4-5-6(9)7(8)10/h9H,2-5H2,1H3. The number of carbonyl (C=O) groups is 1. The Kier molecular flexibility index (Phi) is 5.22. The van der Waals surface area contributed by atoms with Gasteiger partial charge in [0.25, 0.3) is 5.24 Å². The molecule has 0 heterocycles. The lowest BCUT2D eigenvalue weighted by molar-refractivity contribution is -0.106. The molecule has 0 aromatic rings. The van der Waals surface area contributed by atoms with E-state index in [1.807, 2.05) is 0 Å². The Labute approximate surface area is 66.1 Å². The van der Waals surface area contributed by atoms with Crippen LogP contribution in [0.3, 0.4) is 0 Å². The molecule has 0 aliphatic heterocycles. The van der Waals surface area contributed by atoms with Gasteiger partial charge in [0, 0.05) is 0 Å². The van der Waals surface area contributed by atoms with Crippen molar-refractivity contribution < 1.29 is 4.79 Å². The van der Waals surface area contributed by atoms with Gasteiger partial charge < -0.3 is 5.41 Å². The fourth-order valence-corrected chi connectivity index (χ4v) is 0.745. The number of carbonyl (C=O) groups excluding carboxylic acids is 1. The summed E-state index contributed by atoms with van der Waals surface area (Å²) in [5.41, 5.74) is 0.0371. The maximum absolute atomic E-state index is 10.3. The Morgan fingerprint density at radius 1 is 1.50 bits per heavy atom. The topological polar surface area (TPSA) is 40.9 Å². The highest BCUT2D eigenvalue weighted by Gasteiger charge is 2.03. The predicted molar refractivity (Wildman–Crippen MR) is 42.7 cm³/mol. The van der Waals surface area contributed by atoms with Crippen LogP contribution in [0.25, 0.3) is 0 Å². The second-order valence-electron chi connectivity index (χ2n) is 2.21. The van der Waals surface area contributed by atoms with Crippen LogP contribution >= 0.6 is 11.6 Å². The Balaban J connectivity index is 3.31. The summed E-state index contributed by atoms with van der Waals surface area (Å²) >= 11 is 5.04. The third-order valence-corrected chi connectivity index (χ3v) is 1.50. The summed E-state index contributed by atoms with van der Waals surface area (Å²) in [5.74, 6) is 0. The van der Waals surface area contributed by atoms with Crippen molar-refractivity contribution in [2.24, 2.45) is 0 Å². The molecule has 0 unspecified atom stereocenters. The molecular weight excluding hydrogens is 150 g/mol. The summed E-state index contributed by atoms with van der Waals surface area (Å²) in [6, 6.07) is 0. The van der Waals surface area contributed by atoms with Crippen molar-refractivity contribution in [2.75, 3.05) is 0 Å². The highest BCUT2D eigenvalue weighted by Crippen LogP contribution is 2.01. The van der Waals surface area contributed by atoms with E-state index in [2.05, 4.69) is 6.92 Å². The van der Waals surface area contributed by atoms with Gasteiger partial charge in [0.15, 0.2) is 0 Å². The van der Waals surface area contributed by atoms with E-state index in [1.165, 1.54) is 0 Å². The summed E-state index contributed by atoms with van der Waals surface area (Å²) in [6.07, 6.45) is 3.58. The highest BCUT2D eigenvalue weighted by molar-refractivity contribution is 6.81.